The maximum absolute atomic E-state index is 5.78. The van der Waals surface area contributed by atoms with Crippen LogP contribution in [0.3, 0.4) is 0 Å². The third-order valence-electron chi connectivity index (χ3n) is 2.58. The van der Waals surface area contributed by atoms with Gasteiger partial charge in [0, 0.05) is 10.8 Å². The van der Waals surface area contributed by atoms with Gasteiger partial charge in [0.15, 0.2) is 0 Å². The summed E-state index contributed by atoms with van der Waals surface area (Å²) in [5.74, 6) is 2.16. The summed E-state index contributed by atoms with van der Waals surface area (Å²) in [5, 5.41) is 0. The van der Waals surface area contributed by atoms with Gasteiger partial charge in [-0.3, -0.25) is 0 Å². The van der Waals surface area contributed by atoms with Gasteiger partial charge in [0.05, 0.1) is 0 Å². The molecule has 1 nitrogen and oxygen atoms in total. The Morgan fingerprint density at radius 2 is 2.27 bits per heavy atom. The molecule has 1 saturated heterocycles. The largest absolute Gasteiger partial charge is 0.328 e. The summed E-state index contributed by atoms with van der Waals surface area (Å²) < 4.78 is 0.480. The summed E-state index contributed by atoms with van der Waals surface area (Å²) in [6, 6.07) is 0.373. The van der Waals surface area contributed by atoms with Gasteiger partial charge in [-0.1, -0.05) is 13.8 Å². The first-order valence-electron chi connectivity index (χ1n) is 4.42. The highest BCUT2D eigenvalue weighted by molar-refractivity contribution is 8.00. The SMILES string of the molecule is C[C@@H](N)CC1CCSC1(C)C. The zero-order valence-corrected chi connectivity index (χ0v) is 8.58. The van der Waals surface area contributed by atoms with Crippen molar-refractivity contribution in [2.45, 2.75) is 44.4 Å². The van der Waals surface area contributed by atoms with Crippen molar-refractivity contribution in [3.63, 3.8) is 0 Å². The van der Waals surface area contributed by atoms with E-state index in [2.05, 4.69) is 32.5 Å². The third kappa shape index (κ3) is 2.38. The Morgan fingerprint density at radius 1 is 1.64 bits per heavy atom. The number of hydrogen-bond donors (Lipinski definition) is 1. The Morgan fingerprint density at radius 3 is 2.64 bits per heavy atom. The standard InChI is InChI=1S/C9H19NS/c1-7(10)6-8-4-5-11-9(8,2)3/h7-8H,4-6,10H2,1-3H3/t7-,8?/m1/s1. The molecule has 2 heteroatoms. The van der Waals surface area contributed by atoms with Crippen LogP contribution in [-0.4, -0.2) is 16.5 Å². The van der Waals surface area contributed by atoms with Gasteiger partial charge in [0.1, 0.15) is 0 Å². The summed E-state index contributed by atoms with van der Waals surface area (Å²) in [7, 11) is 0. The molecule has 2 atom stereocenters. The van der Waals surface area contributed by atoms with Gasteiger partial charge in [-0.2, -0.15) is 11.8 Å². The lowest BCUT2D eigenvalue weighted by Crippen LogP contribution is -2.28. The van der Waals surface area contributed by atoms with Crippen molar-refractivity contribution in [3.8, 4) is 0 Å². The molecule has 0 aliphatic carbocycles. The van der Waals surface area contributed by atoms with Gasteiger partial charge in [-0.25, -0.2) is 0 Å². The zero-order chi connectivity index (χ0) is 8.48. The monoisotopic (exact) mass is 173 g/mol. The normalized spacial score (nSPS) is 32.2. The lowest BCUT2D eigenvalue weighted by atomic mass is 9.87. The minimum absolute atomic E-state index is 0.373. The van der Waals surface area contributed by atoms with E-state index in [1.54, 1.807) is 0 Å². The van der Waals surface area contributed by atoms with Crippen LogP contribution in [0.2, 0.25) is 0 Å². The second kappa shape index (κ2) is 3.36. The molecule has 0 saturated carbocycles. The van der Waals surface area contributed by atoms with Gasteiger partial charge in [-0.05, 0) is 31.4 Å². The van der Waals surface area contributed by atoms with Gasteiger partial charge in [-0.15, -0.1) is 0 Å². The van der Waals surface area contributed by atoms with Crippen LogP contribution in [0.25, 0.3) is 0 Å². The predicted octanol–water partition coefficient (Wildman–Crippen LogP) is 2.26. The van der Waals surface area contributed by atoms with Crippen molar-refractivity contribution >= 4 is 11.8 Å². The molecule has 0 radical (unpaired) electrons. The van der Waals surface area contributed by atoms with Crippen molar-refractivity contribution in [2.75, 3.05) is 5.75 Å². The molecule has 1 aliphatic rings. The molecule has 0 bridgehead atoms. The highest BCUT2D eigenvalue weighted by Crippen LogP contribution is 2.44. The summed E-state index contributed by atoms with van der Waals surface area (Å²) >= 11 is 2.09. The number of thioether (sulfide) groups is 1. The molecule has 2 N–H and O–H groups in total. The average molecular weight is 173 g/mol. The second-order valence-corrected chi connectivity index (χ2v) is 5.90. The first-order valence-corrected chi connectivity index (χ1v) is 5.40. The Hall–Kier alpha value is 0.310. The van der Waals surface area contributed by atoms with E-state index in [-0.39, 0.29) is 0 Å². The predicted molar refractivity (Wildman–Crippen MR) is 52.9 cm³/mol. The Kier molecular flexibility index (Phi) is 2.87. The van der Waals surface area contributed by atoms with Crippen LogP contribution in [0.1, 0.15) is 33.6 Å². The summed E-state index contributed by atoms with van der Waals surface area (Å²) in [5.41, 5.74) is 5.78. The minimum Gasteiger partial charge on any atom is -0.328 e. The van der Waals surface area contributed by atoms with Crippen LogP contribution in [0.5, 0.6) is 0 Å². The summed E-state index contributed by atoms with van der Waals surface area (Å²) in [4.78, 5) is 0. The topological polar surface area (TPSA) is 26.0 Å². The molecule has 66 valence electrons. The molecular weight excluding hydrogens is 154 g/mol. The molecule has 1 fully saturated rings. The molecule has 0 spiro atoms. The van der Waals surface area contributed by atoms with Crippen LogP contribution in [0.4, 0.5) is 0 Å². The Balaban J connectivity index is 2.45. The average Bonchev–Trinajstić information content (AvgIpc) is 2.10. The molecule has 0 aromatic rings. The molecule has 1 rings (SSSR count). The lowest BCUT2D eigenvalue weighted by Gasteiger charge is -2.27. The smallest absolute Gasteiger partial charge is 0.0132 e. The summed E-state index contributed by atoms with van der Waals surface area (Å²) in [6.07, 6.45) is 2.55. The van der Waals surface area contributed by atoms with Crippen LogP contribution < -0.4 is 5.73 Å². The maximum Gasteiger partial charge on any atom is 0.0132 e. The van der Waals surface area contributed by atoms with Gasteiger partial charge >= 0.3 is 0 Å². The molecule has 1 aliphatic heterocycles. The fourth-order valence-corrected chi connectivity index (χ4v) is 3.16. The van der Waals surface area contributed by atoms with Gasteiger partial charge in [0.25, 0.3) is 0 Å². The minimum atomic E-state index is 0.373. The summed E-state index contributed by atoms with van der Waals surface area (Å²) in [6.45, 7) is 6.80. The van der Waals surface area contributed by atoms with E-state index in [9.17, 15) is 0 Å². The van der Waals surface area contributed by atoms with Gasteiger partial charge < -0.3 is 5.73 Å². The van der Waals surface area contributed by atoms with Gasteiger partial charge in [0.2, 0.25) is 0 Å². The lowest BCUT2D eigenvalue weighted by molar-refractivity contribution is 0.380. The first-order chi connectivity index (χ1) is 5.02. The number of hydrogen-bond acceptors (Lipinski definition) is 2. The van der Waals surface area contributed by atoms with E-state index in [1.807, 2.05) is 0 Å². The molecule has 0 aromatic carbocycles. The van der Waals surface area contributed by atoms with Crippen LogP contribution >= 0.6 is 11.8 Å². The van der Waals surface area contributed by atoms with Crippen LogP contribution in [0, 0.1) is 5.92 Å². The molecule has 0 aromatic heterocycles. The fourth-order valence-electron chi connectivity index (χ4n) is 1.78. The molecule has 1 unspecified atom stereocenters. The molecule has 0 amide bonds. The van der Waals surface area contributed by atoms with E-state index >= 15 is 0 Å². The number of nitrogens with two attached hydrogens (primary N) is 1. The maximum atomic E-state index is 5.78. The van der Waals surface area contributed by atoms with E-state index in [4.69, 9.17) is 5.73 Å². The number of rotatable bonds is 2. The van der Waals surface area contributed by atoms with Crippen molar-refractivity contribution in [3.05, 3.63) is 0 Å². The molecular formula is C9H19NS. The molecule has 11 heavy (non-hydrogen) atoms. The van der Waals surface area contributed by atoms with Crippen LogP contribution in [-0.2, 0) is 0 Å². The Labute approximate surface area is 74.1 Å². The highest BCUT2D eigenvalue weighted by Gasteiger charge is 2.35. The van der Waals surface area contributed by atoms with Crippen molar-refractivity contribution in [2.24, 2.45) is 11.7 Å². The van der Waals surface area contributed by atoms with Crippen molar-refractivity contribution in [1.82, 2.24) is 0 Å². The van der Waals surface area contributed by atoms with Crippen LogP contribution in [0.15, 0.2) is 0 Å². The first kappa shape index (κ1) is 9.40. The van der Waals surface area contributed by atoms with Crippen molar-refractivity contribution in [1.29, 1.82) is 0 Å². The highest BCUT2D eigenvalue weighted by atomic mass is 32.2. The second-order valence-electron chi connectivity index (χ2n) is 4.15. The van der Waals surface area contributed by atoms with Crippen molar-refractivity contribution < 1.29 is 0 Å². The fraction of sp³-hybridized carbons (Fsp3) is 1.00. The van der Waals surface area contributed by atoms with E-state index in [0.717, 1.165) is 5.92 Å². The van der Waals surface area contributed by atoms with E-state index < -0.39 is 0 Å². The zero-order valence-electron chi connectivity index (χ0n) is 7.76. The van der Waals surface area contributed by atoms with E-state index in [0.29, 0.717) is 10.8 Å². The third-order valence-corrected chi connectivity index (χ3v) is 4.10. The quantitative estimate of drug-likeness (QED) is 0.693. The molecule has 1 heterocycles. The van der Waals surface area contributed by atoms with E-state index in [1.165, 1.54) is 18.6 Å². The Bertz CT molecular complexity index is 132.